The monoisotopic (exact) mass is 478 g/mol. The fourth-order valence-electron chi connectivity index (χ4n) is 3.38. The quantitative estimate of drug-likeness (QED) is 0.228. The highest BCUT2D eigenvalue weighted by atomic mass is 16.7. The van der Waals surface area contributed by atoms with Crippen LogP contribution in [0.15, 0.2) is 36.4 Å². The number of esters is 1. The molecule has 11 nitrogen and oxygen atoms in total. The third-order valence-corrected chi connectivity index (χ3v) is 5.31. The number of aliphatic hydroxyl groups is 3. The Bertz CT molecular complexity index is 997. The molecule has 0 bridgehead atoms. The third-order valence-electron chi connectivity index (χ3n) is 5.31. The molecule has 0 saturated carbocycles. The highest BCUT2D eigenvalue weighted by Gasteiger charge is 2.48. The second kappa shape index (κ2) is 10.7. The zero-order chi connectivity index (χ0) is 25.0. The second-order valence-corrected chi connectivity index (χ2v) is 7.90. The summed E-state index contributed by atoms with van der Waals surface area (Å²) in [5, 5.41) is 58.9. The van der Waals surface area contributed by atoms with Crippen molar-refractivity contribution in [1.82, 2.24) is 0 Å². The Morgan fingerprint density at radius 3 is 2.18 bits per heavy atom. The van der Waals surface area contributed by atoms with Crippen LogP contribution in [0.3, 0.4) is 0 Å². The normalized spacial score (nSPS) is 24.4. The van der Waals surface area contributed by atoms with Crippen molar-refractivity contribution in [3.05, 3.63) is 47.5 Å². The molecule has 0 amide bonds. The lowest BCUT2D eigenvalue weighted by atomic mass is 9.99. The van der Waals surface area contributed by atoms with E-state index in [1.54, 1.807) is 24.3 Å². The number of carbonyl (C=O) groups is 2. The minimum absolute atomic E-state index is 0.0541. The Balaban J connectivity index is 1.80. The van der Waals surface area contributed by atoms with Gasteiger partial charge in [0.25, 0.3) is 0 Å². The van der Waals surface area contributed by atoms with E-state index in [0.717, 1.165) is 17.7 Å². The number of hydrogen-bond donors (Lipinski definition) is 6. The summed E-state index contributed by atoms with van der Waals surface area (Å²) in [6.07, 6.45) is -6.64. The predicted octanol–water partition coefficient (Wildman–Crippen LogP) is 0.368. The summed E-state index contributed by atoms with van der Waals surface area (Å²) in [4.78, 5) is 23.8. The van der Waals surface area contributed by atoms with Crippen molar-refractivity contribution in [3.63, 3.8) is 0 Å². The summed E-state index contributed by atoms with van der Waals surface area (Å²) in [6, 6.07) is 8.29. The Kier molecular flexibility index (Phi) is 7.94. The first-order chi connectivity index (χ1) is 16.1. The topological polar surface area (TPSA) is 183 Å². The minimum atomic E-state index is -1.71. The van der Waals surface area contributed by atoms with Gasteiger partial charge in [0.1, 0.15) is 29.8 Å². The number of aliphatic hydroxyl groups excluding tert-OH is 3. The number of ketones is 1. The molecule has 0 unspecified atom stereocenters. The van der Waals surface area contributed by atoms with Gasteiger partial charge in [0.05, 0.1) is 12.2 Å². The molecule has 1 saturated heterocycles. The van der Waals surface area contributed by atoms with Gasteiger partial charge in [-0.25, -0.2) is 4.79 Å². The van der Waals surface area contributed by atoms with Gasteiger partial charge in [-0.2, -0.15) is 0 Å². The fourth-order valence-corrected chi connectivity index (χ4v) is 3.38. The van der Waals surface area contributed by atoms with Crippen LogP contribution in [0.4, 0.5) is 0 Å². The molecule has 2 aromatic carbocycles. The third kappa shape index (κ3) is 5.75. The molecule has 3 rings (SSSR count). The van der Waals surface area contributed by atoms with Crippen LogP contribution < -0.4 is 4.74 Å². The molecule has 1 fully saturated rings. The Hall–Kier alpha value is -3.38. The first-order valence-corrected chi connectivity index (χ1v) is 10.4. The lowest BCUT2D eigenvalue weighted by Gasteiger charge is -2.41. The zero-order valence-corrected chi connectivity index (χ0v) is 18.2. The molecule has 34 heavy (non-hydrogen) atoms. The van der Waals surface area contributed by atoms with Crippen LogP contribution in [0.2, 0.25) is 0 Å². The molecule has 1 heterocycles. The number of aromatic hydroxyl groups is 3. The molecular weight excluding hydrogens is 452 g/mol. The highest BCUT2D eigenvalue weighted by molar-refractivity contribution is 5.91. The van der Waals surface area contributed by atoms with Gasteiger partial charge in [0.2, 0.25) is 6.29 Å². The number of aryl methyl sites for hydroxylation is 1. The fraction of sp³-hybridized carbons (Fsp3) is 0.391. The average Bonchev–Trinajstić information content (AvgIpc) is 2.81. The maximum atomic E-state index is 12.6. The molecule has 0 radical (unpaired) electrons. The van der Waals surface area contributed by atoms with Crippen molar-refractivity contribution in [2.45, 2.75) is 50.5 Å². The van der Waals surface area contributed by atoms with E-state index in [4.69, 9.17) is 14.2 Å². The van der Waals surface area contributed by atoms with Gasteiger partial charge in [-0.15, -0.1) is 0 Å². The molecule has 0 aromatic heterocycles. The van der Waals surface area contributed by atoms with Crippen molar-refractivity contribution < 1.29 is 54.4 Å². The summed E-state index contributed by atoms with van der Waals surface area (Å²) in [7, 11) is 0. The lowest BCUT2D eigenvalue weighted by molar-refractivity contribution is -0.276. The number of rotatable bonds is 8. The highest BCUT2D eigenvalue weighted by Crippen LogP contribution is 2.36. The minimum Gasteiger partial charge on any atom is -0.504 e. The van der Waals surface area contributed by atoms with Crippen molar-refractivity contribution in [3.8, 4) is 23.0 Å². The van der Waals surface area contributed by atoms with Gasteiger partial charge >= 0.3 is 5.97 Å². The smallest absolute Gasteiger partial charge is 0.339 e. The first-order valence-electron chi connectivity index (χ1n) is 10.4. The maximum absolute atomic E-state index is 12.6. The molecule has 1 aliphatic rings. The second-order valence-electron chi connectivity index (χ2n) is 7.90. The molecule has 0 spiro atoms. The van der Waals surface area contributed by atoms with Crippen LogP contribution >= 0.6 is 0 Å². The zero-order valence-electron chi connectivity index (χ0n) is 18.2. The van der Waals surface area contributed by atoms with Crippen LogP contribution in [-0.2, 0) is 20.7 Å². The molecule has 11 heteroatoms. The number of phenolic OH excluding ortho intramolecular Hbond substituents is 3. The van der Waals surface area contributed by atoms with Crippen molar-refractivity contribution >= 4 is 11.8 Å². The van der Waals surface area contributed by atoms with E-state index in [1.807, 2.05) is 0 Å². The number of ether oxygens (including phenoxy) is 3. The Morgan fingerprint density at radius 2 is 1.62 bits per heavy atom. The van der Waals surface area contributed by atoms with E-state index in [0.29, 0.717) is 12.8 Å². The maximum Gasteiger partial charge on any atom is 0.339 e. The van der Waals surface area contributed by atoms with E-state index >= 15 is 0 Å². The van der Waals surface area contributed by atoms with Gasteiger partial charge in [-0.1, -0.05) is 12.1 Å². The van der Waals surface area contributed by atoms with Crippen molar-refractivity contribution in [1.29, 1.82) is 0 Å². The summed E-state index contributed by atoms with van der Waals surface area (Å²) < 4.78 is 16.5. The average molecular weight is 478 g/mol. The molecule has 1 aliphatic heterocycles. The van der Waals surface area contributed by atoms with Gasteiger partial charge in [0, 0.05) is 6.42 Å². The molecular formula is C23H26O11. The number of hydrogen-bond acceptors (Lipinski definition) is 11. The summed E-state index contributed by atoms with van der Waals surface area (Å²) in [5.41, 5.74) is 0.526. The molecule has 2 aromatic rings. The number of benzene rings is 2. The van der Waals surface area contributed by atoms with E-state index < -0.39 is 60.5 Å². The van der Waals surface area contributed by atoms with E-state index in [9.17, 15) is 40.2 Å². The van der Waals surface area contributed by atoms with E-state index in [-0.39, 0.29) is 17.1 Å². The molecule has 0 aliphatic carbocycles. The first kappa shape index (κ1) is 25.2. The molecule has 5 atom stereocenters. The van der Waals surface area contributed by atoms with E-state index in [2.05, 4.69) is 0 Å². The van der Waals surface area contributed by atoms with Crippen LogP contribution in [0, 0.1) is 0 Å². The van der Waals surface area contributed by atoms with Crippen LogP contribution in [0.5, 0.6) is 23.0 Å². The number of carbonyl (C=O) groups excluding carboxylic acids is 2. The van der Waals surface area contributed by atoms with Crippen LogP contribution in [-0.4, -0.2) is 79.7 Å². The SMILES string of the molecule is CC(=O)CCc1ccc(O[C@H]2O[C@@H](CO)[C@H](O)[C@@H](O)[C@@H]2OC(=O)c2cc(O)c(O)c(O)c2)cc1. The predicted molar refractivity (Wildman–Crippen MR) is 114 cm³/mol. The summed E-state index contributed by atoms with van der Waals surface area (Å²) in [5.74, 6) is -3.18. The standard InChI is InChI=1S/C23H26O11/c1-11(25)2-3-12-4-6-14(7-5-12)32-23-21(20(30)19(29)17(10-24)33-23)34-22(31)13-8-15(26)18(28)16(27)9-13/h4-9,17,19-21,23-24,26-30H,2-3,10H2,1H3/t17-,19-,20+,21-,23-/m0/s1. The van der Waals surface area contributed by atoms with Crippen molar-refractivity contribution in [2.75, 3.05) is 6.61 Å². The van der Waals surface area contributed by atoms with Crippen LogP contribution in [0.1, 0.15) is 29.3 Å². The van der Waals surface area contributed by atoms with Crippen molar-refractivity contribution in [2.24, 2.45) is 0 Å². The molecule has 6 N–H and O–H groups in total. The molecule has 184 valence electrons. The summed E-state index contributed by atoms with van der Waals surface area (Å²) >= 11 is 0. The summed E-state index contributed by atoms with van der Waals surface area (Å²) in [6.45, 7) is 0.847. The van der Waals surface area contributed by atoms with E-state index in [1.165, 1.54) is 6.92 Å². The van der Waals surface area contributed by atoms with Gasteiger partial charge < -0.3 is 49.6 Å². The van der Waals surface area contributed by atoms with Gasteiger partial charge in [-0.05, 0) is 43.2 Å². The lowest BCUT2D eigenvalue weighted by Crippen LogP contribution is -2.61. The largest absolute Gasteiger partial charge is 0.504 e. The van der Waals surface area contributed by atoms with Gasteiger partial charge in [-0.3, -0.25) is 0 Å². The Labute approximate surface area is 194 Å². The number of Topliss-reactive ketones (excluding diaryl/α,β-unsaturated/α-hetero) is 1. The van der Waals surface area contributed by atoms with Gasteiger partial charge in [0.15, 0.2) is 23.4 Å². The number of phenols is 3. The van der Waals surface area contributed by atoms with Crippen LogP contribution in [0.25, 0.3) is 0 Å². The Morgan fingerprint density at radius 1 is 1.00 bits per heavy atom.